The van der Waals surface area contributed by atoms with Gasteiger partial charge in [-0.25, -0.2) is 0 Å². The van der Waals surface area contributed by atoms with Crippen LogP contribution in [0.4, 0.5) is 0 Å². The standard InChI is InChI=1S/C15H29N3O3S/c1-17(2)22(20,21)18-11-9-13(10-12-18)15(19)16-14-7-5-3-4-6-8-14/h13-14H,3-12H2,1-2H3,(H,16,19). The molecule has 0 radical (unpaired) electrons. The zero-order chi connectivity index (χ0) is 16.2. The Balaban J connectivity index is 1.82. The van der Waals surface area contributed by atoms with Gasteiger partial charge in [0.1, 0.15) is 0 Å². The van der Waals surface area contributed by atoms with Crippen LogP contribution in [0.1, 0.15) is 51.4 Å². The predicted octanol–water partition coefficient (Wildman–Crippen LogP) is 1.34. The Morgan fingerprint density at radius 2 is 1.55 bits per heavy atom. The first-order valence-electron chi connectivity index (χ1n) is 8.39. The first-order chi connectivity index (χ1) is 10.4. The van der Waals surface area contributed by atoms with Gasteiger partial charge < -0.3 is 5.32 Å². The van der Waals surface area contributed by atoms with Gasteiger partial charge in [-0.2, -0.15) is 17.0 Å². The molecule has 1 saturated carbocycles. The maximum Gasteiger partial charge on any atom is 0.281 e. The molecule has 1 aliphatic heterocycles. The summed E-state index contributed by atoms with van der Waals surface area (Å²) in [4.78, 5) is 12.4. The van der Waals surface area contributed by atoms with Crippen molar-refractivity contribution in [3.05, 3.63) is 0 Å². The zero-order valence-corrected chi connectivity index (χ0v) is 14.6. The van der Waals surface area contributed by atoms with Crippen molar-refractivity contribution in [2.75, 3.05) is 27.2 Å². The van der Waals surface area contributed by atoms with Crippen LogP contribution in [-0.4, -0.2) is 56.2 Å². The van der Waals surface area contributed by atoms with Crippen LogP contribution in [0.15, 0.2) is 0 Å². The van der Waals surface area contributed by atoms with Gasteiger partial charge in [0.05, 0.1) is 0 Å². The van der Waals surface area contributed by atoms with Crippen LogP contribution in [0, 0.1) is 5.92 Å². The van der Waals surface area contributed by atoms with E-state index in [0.29, 0.717) is 32.0 Å². The molecule has 1 heterocycles. The summed E-state index contributed by atoms with van der Waals surface area (Å²) in [5, 5.41) is 3.19. The van der Waals surface area contributed by atoms with E-state index >= 15 is 0 Å². The molecule has 6 nitrogen and oxygen atoms in total. The number of amides is 1. The van der Waals surface area contributed by atoms with Crippen LogP contribution in [0.25, 0.3) is 0 Å². The zero-order valence-electron chi connectivity index (χ0n) is 13.8. The molecule has 1 amide bonds. The Labute approximate surface area is 134 Å². The highest BCUT2D eigenvalue weighted by molar-refractivity contribution is 7.86. The van der Waals surface area contributed by atoms with E-state index in [1.54, 1.807) is 14.1 Å². The highest BCUT2D eigenvalue weighted by Crippen LogP contribution is 2.22. The summed E-state index contributed by atoms with van der Waals surface area (Å²) in [6, 6.07) is 0.318. The van der Waals surface area contributed by atoms with E-state index in [4.69, 9.17) is 0 Å². The van der Waals surface area contributed by atoms with E-state index in [0.717, 1.165) is 12.8 Å². The summed E-state index contributed by atoms with van der Waals surface area (Å²) in [6.07, 6.45) is 8.34. The monoisotopic (exact) mass is 331 g/mol. The van der Waals surface area contributed by atoms with E-state index in [9.17, 15) is 13.2 Å². The topological polar surface area (TPSA) is 69.7 Å². The fraction of sp³-hybridized carbons (Fsp3) is 0.933. The highest BCUT2D eigenvalue weighted by Gasteiger charge is 2.32. The molecule has 1 N–H and O–H groups in total. The maximum absolute atomic E-state index is 12.4. The van der Waals surface area contributed by atoms with Gasteiger partial charge in [0.2, 0.25) is 5.91 Å². The Kier molecular flexibility index (Phi) is 6.23. The second-order valence-electron chi connectivity index (χ2n) is 6.66. The number of carbonyl (C=O) groups excluding carboxylic acids is 1. The maximum atomic E-state index is 12.4. The average molecular weight is 331 g/mol. The minimum atomic E-state index is -3.35. The second-order valence-corrected chi connectivity index (χ2v) is 8.80. The minimum absolute atomic E-state index is 0.0446. The van der Waals surface area contributed by atoms with Crippen molar-refractivity contribution in [3.8, 4) is 0 Å². The van der Waals surface area contributed by atoms with Gasteiger partial charge in [0.15, 0.2) is 0 Å². The van der Waals surface area contributed by atoms with Crippen molar-refractivity contribution >= 4 is 16.1 Å². The van der Waals surface area contributed by atoms with E-state index in [-0.39, 0.29) is 11.8 Å². The smallest absolute Gasteiger partial charge is 0.281 e. The summed E-state index contributed by atoms with van der Waals surface area (Å²) < 4.78 is 26.8. The third kappa shape index (κ3) is 4.43. The number of hydrogen-bond donors (Lipinski definition) is 1. The van der Waals surface area contributed by atoms with Gasteiger partial charge in [-0.3, -0.25) is 4.79 Å². The molecule has 0 aromatic carbocycles. The summed E-state index contributed by atoms with van der Waals surface area (Å²) >= 11 is 0. The third-order valence-electron chi connectivity index (χ3n) is 4.81. The molecule has 2 fully saturated rings. The third-order valence-corrected chi connectivity index (χ3v) is 6.75. The minimum Gasteiger partial charge on any atom is -0.353 e. The first-order valence-corrected chi connectivity index (χ1v) is 9.79. The van der Waals surface area contributed by atoms with Crippen molar-refractivity contribution in [3.63, 3.8) is 0 Å². The SMILES string of the molecule is CN(C)S(=O)(=O)N1CCC(C(=O)NC2CCCCCC2)CC1. The Hall–Kier alpha value is -0.660. The summed E-state index contributed by atoms with van der Waals surface area (Å²) in [6.45, 7) is 0.868. The fourth-order valence-electron chi connectivity index (χ4n) is 3.32. The van der Waals surface area contributed by atoms with Gasteiger partial charge in [-0.05, 0) is 25.7 Å². The van der Waals surface area contributed by atoms with Crippen LogP contribution in [-0.2, 0) is 15.0 Å². The average Bonchev–Trinajstić information content (AvgIpc) is 2.76. The lowest BCUT2D eigenvalue weighted by Gasteiger charge is -2.32. The van der Waals surface area contributed by atoms with Gasteiger partial charge in [0.25, 0.3) is 10.2 Å². The number of carbonyl (C=O) groups is 1. The number of nitrogens with one attached hydrogen (secondary N) is 1. The van der Waals surface area contributed by atoms with Crippen LogP contribution in [0.5, 0.6) is 0 Å². The van der Waals surface area contributed by atoms with Crippen LogP contribution in [0.3, 0.4) is 0 Å². The van der Waals surface area contributed by atoms with Gasteiger partial charge in [-0.15, -0.1) is 0 Å². The quantitative estimate of drug-likeness (QED) is 0.791. The molecule has 1 saturated heterocycles. The molecule has 0 aromatic heterocycles. The number of piperidine rings is 1. The van der Waals surface area contributed by atoms with Crippen molar-refractivity contribution < 1.29 is 13.2 Å². The Morgan fingerprint density at radius 3 is 2.05 bits per heavy atom. The molecule has 2 rings (SSSR count). The molecule has 128 valence electrons. The van der Waals surface area contributed by atoms with Crippen molar-refractivity contribution in [1.29, 1.82) is 0 Å². The number of hydrogen-bond acceptors (Lipinski definition) is 3. The van der Waals surface area contributed by atoms with Crippen molar-refractivity contribution in [1.82, 2.24) is 13.9 Å². The molecule has 1 aliphatic carbocycles. The molecule has 7 heteroatoms. The second kappa shape index (κ2) is 7.75. The fourth-order valence-corrected chi connectivity index (χ4v) is 4.46. The lowest BCUT2D eigenvalue weighted by Crippen LogP contribution is -2.48. The van der Waals surface area contributed by atoms with Crippen molar-refractivity contribution in [2.45, 2.75) is 57.4 Å². The molecule has 0 bridgehead atoms. The molecule has 0 aromatic rings. The predicted molar refractivity (Wildman–Crippen MR) is 86.5 cm³/mol. The van der Waals surface area contributed by atoms with E-state index in [2.05, 4.69) is 5.32 Å². The molecule has 0 spiro atoms. The lowest BCUT2D eigenvalue weighted by molar-refractivity contribution is -0.126. The first kappa shape index (κ1) is 17.7. The van der Waals surface area contributed by atoms with Gasteiger partial charge in [-0.1, -0.05) is 25.7 Å². The largest absolute Gasteiger partial charge is 0.353 e. The molecular weight excluding hydrogens is 302 g/mol. The molecular formula is C15H29N3O3S. The number of nitrogens with zero attached hydrogens (tertiary/aromatic N) is 2. The van der Waals surface area contributed by atoms with E-state index in [1.807, 2.05) is 0 Å². The van der Waals surface area contributed by atoms with Crippen LogP contribution < -0.4 is 5.32 Å². The highest BCUT2D eigenvalue weighted by atomic mass is 32.2. The molecule has 2 aliphatic rings. The summed E-state index contributed by atoms with van der Waals surface area (Å²) in [5.41, 5.74) is 0. The number of rotatable bonds is 4. The molecule has 0 unspecified atom stereocenters. The molecule has 0 atom stereocenters. The lowest BCUT2D eigenvalue weighted by atomic mass is 9.96. The van der Waals surface area contributed by atoms with Crippen LogP contribution in [0.2, 0.25) is 0 Å². The Morgan fingerprint density at radius 1 is 1.00 bits per heavy atom. The van der Waals surface area contributed by atoms with E-state index < -0.39 is 10.2 Å². The molecule has 22 heavy (non-hydrogen) atoms. The van der Waals surface area contributed by atoms with Gasteiger partial charge in [0, 0.05) is 39.1 Å². The summed E-state index contributed by atoms with van der Waals surface area (Å²) in [5.74, 6) is 0.0747. The van der Waals surface area contributed by atoms with Gasteiger partial charge >= 0.3 is 0 Å². The van der Waals surface area contributed by atoms with Crippen molar-refractivity contribution in [2.24, 2.45) is 5.92 Å². The summed E-state index contributed by atoms with van der Waals surface area (Å²) in [7, 11) is -0.262. The van der Waals surface area contributed by atoms with E-state index in [1.165, 1.54) is 34.3 Å². The van der Waals surface area contributed by atoms with Crippen LogP contribution >= 0.6 is 0 Å². The Bertz CT molecular complexity index is 462. The normalized spacial score (nSPS) is 23.4.